The molecule has 1 fully saturated rings. The van der Waals surface area contributed by atoms with Crippen LogP contribution in [0.1, 0.15) is 9.67 Å². The topological polar surface area (TPSA) is 92.8 Å². The molecule has 29 heavy (non-hydrogen) atoms. The van der Waals surface area contributed by atoms with Crippen LogP contribution in [0.2, 0.25) is 0 Å². The molecule has 3 rings (SSSR count). The van der Waals surface area contributed by atoms with Crippen LogP contribution in [0.3, 0.4) is 0 Å². The lowest BCUT2D eigenvalue weighted by Crippen LogP contribution is -2.38. The van der Waals surface area contributed by atoms with Crippen LogP contribution in [0.25, 0.3) is 0 Å². The molecule has 2 aromatic rings. The molecule has 0 bridgehead atoms. The Morgan fingerprint density at radius 1 is 1.14 bits per heavy atom. The van der Waals surface area contributed by atoms with Gasteiger partial charge in [-0.2, -0.15) is 16.1 Å². The van der Waals surface area contributed by atoms with E-state index in [9.17, 15) is 26.8 Å². The van der Waals surface area contributed by atoms with E-state index in [0.717, 1.165) is 29.5 Å². The molecule has 0 spiro atoms. The summed E-state index contributed by atoms with van der Waals surface area (Å²) < 4.78 is 57.9. The lowest BCUT2D eigenvalue weighted by molar-refractivity contribution is -0.119. The number of carbonyl (C=O) groups excluding carboxylic acids is 2. The highest BCUT2D eigenvalue weighted by Gasteiger charge is 2.31. The number of esters is 1. The van der Waals surface area contributed by atoms with Crippen molar-refractivity contribution in [3.8, 4) is 0 Å². The molecule has 1 aromatic heterocycles. The van der Waals surface area contributed by atoms with Crippen molar-refractivity contribution in [1.82, 2.24) is 4.31 Å². The number of halogens is 2. The number of rotatable bonds is 6. The molecule has 1 aromatic carbocycles. The van der Waals surface area contributed by atoms with Crippen molar-refractivity contribution in [3.05, 3.63) is 46.2 Å². The van der Waals surface area contributed by atoms with Crippen molar-refractivity contribution >= 4 is 50.7 Å². The van der Waals surface area contributed by atoms with Gasteiger partial charge in [-0.1, -0.05) is 0 Å². The quantitative estimate of drug-likeness (QED) is 0.664. The van der Waals surface area contributed by atoms with Crippen molar-refractivity contribution in [1.29, 1.82) is 0 Å². The minimum Gasteiger partial charge on any atom is -0.451 e. The Bertz CT molecular complexity index is 1020. The van der Waals surface area contributed by atoms with Crippen LogP contribution in [0.4, 0.5) is 14.5 Å². The number of thioether (sulfide) groups is 1. The normalized spacial score (nSPS) is 15.1. The van der Waals surface area contributed by atoms with Gasteiger partial charge in [0.1, 0.15) is 9.77 Å². The number of nitrogens with zero attached hydrogens (tertiary/aromatic N) is 1. The molecule has 1 N–H and O–H groups in total. The number of amides is 1. The van der Waals surface area contributed by atoms with Crippen LogP contribution in [0, 0.1) is 11.6 Å². The van der Waals surface area contributed by atoms with E-state index >= 15 is 0 Å². The predicted molar refractivity (Wildman–Crippen MR) is 106 cm³/mol. The average molecular weight is 463 g/mol. The molecule has 0 aliphatic carbocycles. The Morgan fingerprint density at radius 3 is 2.55 bits per heavy atom. The third-order valence-corrected chi connectivity index (χ3v) is 7.85. The average Bonchev–Trinajstić information content (AvgIpc) is 3.20. The van der Waals surface area contributed by atoms with Crippen molar-refractivity contribution in [2.45, 2.75) is 4.90 Å². The Hall–Kier alpha value is -2.02. The summed E-state index contributed by atoms with van der Waals surface area (Å²) in [5.41, 5.74) is -0.00712. The summed E-state index contributed by atoms with van der Waals surface area (Å²) in [5, 5.41) is 3.72. The zero-order valence-corrected chi connectivity index (χ0v) is 17.3. The summed E-state index contributed by atoms with van der Waals surface area (Å²) in [6.45, 7) is -0.00247. The molecule has 0 radical (unpaired) electrons. The first-order valence-corrected chi connectivity index (χ1v) is 11.8. The fourth-order valence-electron chi connectivity index (χ4n) is 2.54. The smallest absolute Gasteiger partial charge is 0.350 e. The maximum atomic E-state index is 13.2. The number of nitrogens with one attached hydrogen (secondary N) is 1. The van der Waals surface area contributed by atoms with Gasteiger partial charge in [0.2, 0.25) is 10.0 Å². The van der Waals surface area contributed by atoms with Gasteiger partial charge in [-0.05, 0) is 23.6 Å². The van der Waals surface area contributed by atoms with E-state index in [-0.39, 0.29) is 15.5 Å². The van der Waals surface area contributed by atoms with Gasteiger partial charge in [0.05, 0.1) is 0 Å². The highest BCUT2D eigenvalue weighted by molar-refractivity contribution is 7.99. The number of sulfonamides is 1. The van der Waals surface area contributed by atoms with Crippen LogP contribution in [-0.2, 0) is 19.6 Å². The second-order valence-corrected chi connectivity index (χ2v) is 9.93. The zero-order chi connectivity index (χ0) is 21.0. The van der Waals surface area contributed by atoms with Crippen LogP contribution in [-0.4, -0.2) is 55.8 Å². The zero-order valence-electron chi connectivity index (χ0n) is 14.9. The number of carbonyl (C=O) groups is 2. The molecule has 0 unspecified atom stereocenters. The standard InChI is InChI=1S/C17H16F2N2O5S3/c18-12-2-1-11(9-13(12)19)20-15(22)10-26-17(23)16-14(3-6-28-16)29(24,25)21-4-7-27-8-5-21/h1-3,6,9H,4-5,7-8,10H2,(H,20,22). The maximum absolute atomic E-state index is 13.2. The minimum atomic E-state index is -3.84. The molecular formula is C17H16F2N2O5S3. The van der Waals surface area contributed by atoms with Crippen LogP contribution in [0.5, 0.6) is 0 Å². The van der Waals surface area contributed by atoms with Crippen molar-refractivity contribution in [3.63, 3.8) is 0 Å². The van der Waals surface area contributed by atoms with Crippen molar-refractivity contribution in [2.75, 3.05) is 36.5 Å². The van der Waals surface area contributed by atoms with Gasteiger partial charge in [-0.15, -0.1) is 11.3 Å². The Labute approximate surface area is 174 Å². The second-order valence-electron chi connectivity index (χ2n) is 5.88. The lowest BCUT2D eigenvalue weighted by atomic mass is 10.3. The molecular weight excluding hydrogens is 446 g/mol. The summed E-state index contributed by atoms with van der Waals surface area (Å²) >= 11 is 2.55. The number of thiophene rings is 1. The molecule has 0 saturated carbocycles. The van der Waals surface area contributed by atoms with E-state index < -0.39 is 40.1 Å². The molecule has 1 aliphatic rings. The first-order valence-electron chi connectivity index (χ1n) is 8.36. The summed E-state index contributed by atoms with van der Waals surface area (Å²) in [6.07, 6.45) is 0. The number of ether oxygens (including phenoxy) is 1. The lowest BCUT2D eigenvalue weighted by Gasteiger charge is -2.25. The highest BCUT2D eigenvalue weighted by Crippen LogP contribution is 2.27. The third-order valence-electron chi connectivity index (χ3n) is 3.94. The maximum Gasteiger partial charge on any atom is 0.350 e. The van der Waals surface area contributed by atoms with E-state index in [2.05, 4.69) is 5.32 Å². The van der Waals surface area contributed by atoms with Gasteiger partial charge in [0, 0.05) is 36.3 Å². The van der Waals surface area contributed by atoms with Gasteiger partial charge in [-0.3, -0.25) is 4.79 Å². The van der Waals surface area contributed by atoms with E-state index in [0.29, 0.717) is 24.6 Å². The Morgan fingerprint density at radius 2 is 1.86 bits per heavy atom. The van der Waals surface area contributed by atoms with E-state index in [1.54, 1.807) is 11.8 Å². The first-order chi connectivity index (χ1) is 13.8. The van der Waals surface area contributed by atoms with E-state index in [1.807, 2.05) is 0 Å². The second kappa shape index (κ2) is 9.20. The number of anilines is 1. The SMILES string of the molecule is O=C(COC(=O)c1sccc1S(=O)(=O)N1CCSCC1)Nc1ccc(F)c(F)c1. The molecule has 1 aliphatic heterocycles. The van der Waals surface area contributed by atoms with Crippen molar-refractivity contribution < 1.29 is 31.5 Å². The summed E-state index contributed by atoms with van der Waals surface area (Å²) in [6, 6.07) is 4.12. The molecule has 12 heteroatoms. The Balaban J connectivity index is 1.63. The molecule has 1 saturated heterocycles. The monoisotopic (exact) mass is 462 g/mol. The molecule has 0 atom stereocenters. The van der Waals surface area contributed by atoms with Gasteiger partial charge < -0.3 is 10.1 Å². The van der Waals surface area contributed by atoms with E-state index in [1.165, 1.54) is 15.8 Å². The number of benzene rings is 1. The third kappa shape index (κ3) is 5.13. The fourth-order valence-corrected chi connectivity index (χ4v) is 6.40. The first kappa shape index (κ1) is 21.7. The highest BCUT2D eigenvalue weighted by atomic mass is 32.2. The van der Waals surface area contributed by atoms with Gasteiger partial charge in [-0.25, -0.2) is 22.0 Å². The summed E-state index contributed by atoms with van der Waals surface area (Å²) in [7, 11) is -3.84. The molecule has 1 amide bonds. The molecule has 2 heterocycles. The minimum absolute atomic E-state index is 0.00712. The fraction of sp³-hybridized carbons (Fsp3) is 0.294. The largest absolute Gasteiger partial charge is 0.451 e. The summed E-state index contributed by atoms with van der Waals surface area (Å²) in [5.74, 6) is -2.58. The van der Waals surface area contributed by atoms with Crippen LogP contribution in [0.15, 0.2) is 34.5 Å². The predicted octanol–water partition coefficient (Wildman–Crippen LogP) is 2.56. The molecule has 156 valence electrons. The molecule has 7 nitrogen and oxygen atoms in total. The van der Waals surface area contributed by atoms with Gasteiger partial charge in [0.25, 0.3) is 5.91 Å². The van der Waals surface area contributed by atoms with E-state index in [4.69, 9.17) is 4.74 Å². The van der Waals surface area contributed by atoms with Crippen LogP contribution < -0.4 is 5.32 Å². The van der Waals surface area contributed by atoms with Gasteiger partial charge >= 0.3 is 5.97 Å². The number of hydrogen-bond acceptors (Lipinski definition) is 7. The number of hydrogen-bond donors (Lipinski definition) is 1. The van der Waals surface area contributed by atoms with Crippen LogP contribution >= 0.6 is 23.1 Å². The summed E-state index contributed by atoms with van der Waals surface area (Å²) in [4.78, 5) is 23.9. The Kier molecular flexibility index (Phi) is 6.88. The van der Waals surface area contributed by atoms with Gasteiger partial charge in [0.15, 0.2) is 18.2 Å². The van der Waals surface area contributed by atoms with Crippen molar-refractivity contribution in [2.24, 2.45) is 0 Å².